The maximum Gasteiger partial charge on any atom is 0.336 e. The van der Waals surface area contributed by atoms with Crippen molar-refractivity contribution >= 4 is 23.5 Å². The van der Waals surface area contributed by atoms with Crippen LogP contribution in [-0.4, -0.2) is 28.9 Å². The molecule has 0 bridgehead atoms. The van der Waals surface area contributed by atoms with E-state index in [9.17, 15) is 19.5 Å². The van der Waals surface area contributed by atoms with Gasteiger partial charge in [0.1, 0.15) is 0 Å². The summed E-state index contributed by atoms with van der Waals surface area (Å²) in [6.07, 6.45) is 4.89. The van der Waals surface area contributed by atoms with Crippen LogP contribution in [0, 0.1) is 0 Å². The second kappa shape index (κ2) is 12.9. The highest BCUT2D eigenvalue weighted by Crippen LogP contribution is 2.23. The second-order valence-electron chi connectivity index (χ2n) is 10.3. The smallest absolute Gasteiger partial charge is 0.336 e. The summed E-state index contributed by atoms with van der Waals surface area (Å²) in [5.41, 5.74) is 4.39. The molecule has 0 aliphatic rings. The first-order valence-electron chi connectivity index (χ1n) is 12.4. The van der Waals surface area contributed by atoms with Gasteiger partial charge in [-0.1, -0.05) is 69.3 Å². The van der Waals surface area contributed by atoms with E-state index >= 15 is 0 Å². The average molecular weight is 503 g/mol. The number of hydrogen-bond acceptors (Lipinski definition) is 3. The Bertz CT molecular complexity index is 1210. The molecule has 0 aromatic heterocycles. The molecule has 2 amide bonds. The van der Waals surface area contributed by atoms with Gasteiger partial charge in [0, 0.05) is 22.9 Å². The van der Waals surface area contributed by atoms with E-state index in [1.54, 1.807) is 26.0 Å². The number of allylic oxidation sites excluding steroid dienone is 3. The molecule has 6 nitrogen and oxygen atoms in total. The molecule has 2 rings (SSSR count). The molecule has 0 unspecified atom stereocenters. The minimum atomic E-state index is -1.26. The molecule has 0 spiro atoms. The summed E-state index contributed by atoms with van der Waals surface area (Å²) < 4.78 is 0. The standard InChI is InChI=1S/C31H38N2O4/c1-8-26(27(30(36)37)18-9-21(4)28(34)32-20(2)3)29(35)33-25-16-12-23(13-17-25)19-22-10-14-24(15-11-22)31(5,6)7/h8-18,20H,19H2,1-7H3,(H,32,34)(H,33,35)(H,36,37)/b21-9+,26-8+,27-18+. The first kappa shape index (κ1) is 29.3. The molecule has 6 heteroatoms. The topological polar surface area (TPSA) is 95.5 Å². The number of anilines is 1. The third-order valence-electron chi connectivity index (χ3n) is 5.77. The number of benzene rings is 2. The van der Waals surface area contributed by atoms with Crippen LogP contribution in [0.25, 0.3) is 0 Å². The average Bonchev–Trinajstić information content (AvgIpc) is 2.81. The normalized spacial score (nSPS) is 12.9. The first-order chi connectivity index (χ1) is 17.3. The van der Waals surface area contributed by atoms with Crippen LogP contribution in [0.4, 0.5) is 5.69 Å². The van der Waals surface area contributed by atoms with E-state index in [-0.39, 0.29) is 28.5 Å². The van der Waals surface area contributed by atoms with E-state index < -0.39 is 11.9 Å². The fourth-order valence-corrected chi connectivity index (χ4v) is 3.61. The van der Waals surface area contributed by atoms with Crippen LogP contribution in [0.15, 0.2) is 83.5 Å². The summed E-state index contributed by atoms with van der Waals surface area (Å²) in [7, 11) is 0. The van der Waals surface area contributed by atoms with E-state index in [1.165, 1.54) is 29.4 Å². The summed E-state index contributed by atoms with van der Waals surface area (Å²) in [6.45, 7) is 13.4. The second-order valence-corrected chi connectivity index (χ2v) is 10.3. The Hall–Kier alpha value is -3.93. The lowest BCUT2D eigenvalue weighted by Gasteiger charge is -2.19. The predicted molar refractivity (Wildman–Crippen MR) is 150 cm³/mol. The van der Waals surface area contributed by atoms with Crippen molar-refractivity contribution in [2.45, 2.75) is 66.3 Å². The molecule has 0 radical (unpaired) electrons. The maximum absolute atomic E-state index is 12.9. The Morgan fingerprint density at radius 3 is 1.86 bits per heavy atom. The van der Waals surface area contributed by atoms with Gasteiger partial charge >= 0.3 is 5.97 Å². The van der Waals surface area contributed by atoms with Gasteiger partial charge in [0.05, 0.1) is 5.57 Å². The molecule has 0 fully saturated rings. The lowest BCUT2D eigenvalue weighted by atomic mass is 9.86. The van der Waals surface area contributed by atoms with Gasteiger partial charge in [-0.3, -0.25) is 9.59 Å². The number of carboxylic acids is 1. The van der Waals surface area contributed by atoms with Crippen molar-refractivity contribution in [2.24, 2.45) is 0 Å². The first-order valence-corrected chi connectivity index (χ1v) is 12.4. The molecule has 37 heavy (non-hydrogen) atoms. The Balaban J connectivity index is 2.13. The number of rotatable bonds is 9. The molecule has 0 saturated carbocycles. The third-order valence-corrected chi connectivity index (χ3v) is 5.77. The number of carbonyl (C=O) groups is 3. The Morgan fingerprint density at radius 2 is 1.41 bits per heavy atom. The quantitative estimate of drug-likeness (QED) is 0.292. The van der Waals surface area contributed by atoms with Gasteiger partial charge in [-0.05, 0) is 74.4 Å². The van der Waals surface area contributed by atoms with Crippen LogP contribution < -0.4 is 10.6 Å². The molecule has 0 saturated heterocycles. The van der Waals surface area contributed by atoms with Gasteiger partial charge in [-0.25, -0.2) is 4.79 Å². The number of aliphatic carboxylic acids is 1. The molecule has 2 aromatic carbocycles. The van der Waals surface area contributed by atoms with Crippen molar-refractivity contribution in [3.63, 3.8) is 0 Å². The molecule has 0 aliphatic carbocycles. The zero-order valence-corrected chi connectivity index (χ0v) is 22.8. The van der Waals surface area contributed by atoms with E-state index in [0.29, 0.717) is 11.3 Å². The molecule has 3 N–H and O–H groups in total. The number of carboxylic acid groups (broad SMARTS) is 1. The van der Waals surface area contributed by atoms with Crippen molar-refractivity contribution in [1.29, 1.82) is 0 Å². The van der Waals surface area contributed by atoms with Gasteiger partial charge < -0.3 is 15.7 Å². The highest BCUT2D eigenvalue weighted by atomic mass is 16.4. The Kier molecular flexibility index (Phi) is 10.2. The maximum atomic E-state index is 12.9. The molecule has 0 heterocycles. The Labute approximate surface area is 220 Å². The number of carbonyl (C=O) groups excluding carboxylic acids is 2. The summed E-state index contributed by atoms with van der Waals surface area (Å²) in [5.74, 6) is -2.10. The number of hydrogen-bond donors (Lipinski definition) is 3. The fraction of sp³-hybridized carbons (Fsp3) is 0.323. The van der Waals surface area contributed by atoms with E-state index in [1.807, 2.05) is 26.0 Å². The monoisotopic (exact) mass is 502 g/mol. The molecule has 0 atom stereocenters. The van der Waals surface area contributed by atoms with Gasteiger partial charge in [0.25, 0.3) is 5.91 Å². The summed E-state index contributed by atoms with van der Waals surface area (Å²) in [4.78, 5) is 36.9. The van der Waals surface area contributed by atoms with Gasteiger partial charge in [0.15, 0.2) is 0 Å². The number of nitrogens with one attached hydrogen (secondary N) is 2. The van der Waals surface area contributed by atoms with E-state index in [2.05, 4.69) is 55.7 Å². The lowest BCUT2D eigenvalue weighted by molar-refractivity contribution is -0.132. The van der Waals surface area contributed by atoms with Gasteiger partial charge in [-0.2, -0.15) is 0 Å². The van der Waals surface area contributed by atoms with Crippen LogP contribution in [0.3, 0.4) is 0 Å². The van der Waals surface area contributed by atoms with Crippen molar-refractivity contribution < 1.29 is 19.5 Å². The molecule has 2 aromatic rings. The molecular weight excluding hydrogens is 464 g/mol. The molecule has 0 aliphatic heterocycles. The van der Waals surface area contributed by atoms with Crippen LogP contribution in [-0.2, 0) is 26.2 Å². The van der Waals surface area contributed by atoms with Gasteiger partial charge in [-0.15, -0.1) is 0 Å². The predicted octanol–water partition coefficient (Wildman–Crippen LogP) is 5.94. The van der Waals surface area contributed by atoms with Crippen molar-refractivity contribution in [1.82, 2.24) is 5.32 Å². The zero-order chi connectivity index (χ0) is 27.8. The summed E-state index contributed by atoms with van der Waals surface area (Å²) in [5, 5.41) is 15.2. The zero-order valence-electron chi connectivity index (χ0n) is 22.8. The molecule has 196 valence electrons. The highest BCUT2D eigenvalue weighted by Gasteiger charge is 2.20. The fourth-order valence-electron chi connectivity index (χ4n) is 3.61. The van der Waals surface area contributed by atoms with Gasteiger partial charge in [0.2, 0.25) is 5.91 Å². The third kappa shape index (κ3) is 8.90. The molecular formula is C31H38N2O4. The van der Waals surface area contributed by atoms with E-state index in [4.69, 9.17) is 0 Å². The minimum Gasteiger partial charge on any atom is -0.478 e. The minimum absolute atomic E-state index is 0.00355. The van der Waals surface area contributed by atoms with Crippen LogP contribution >= 0.6 is 0 Å². The van der Waals surface area contributed by atoms with Crippen molar-refractivity contribution in [3.05, 3.63) is 100 Å². The number of amides is 2. The largest absolute Gasteiger partial charge is 0.478 e. The summed E-state index contributed by atoms with van der Waals surface area (Å²) >= 11 is 0. The summed E-state index contributed by atoms with van der Waals surface area (Å²) in [6, 6.07) is 16.0. The highest BCUT2D eigenvalue weighted by molar-refractivity contribution is 6.14. The van der Waals surface area contributed by atoms with E-state index in [0.717, 1.165) is 12.0 Å². The SMILES string of the molecule is C\C=C(C(=O)Nc1ccc(Cc2ccc(C(C)(C)C)cc2)cc1)/C(=C\C=C(/C)C(=O)NC(C)C)C(=O)O. The van der Waals surface area contributed by atoms with Crippen molar-refractivity contribution in [3.8, 4) is 0 Å². The van der Waals surface area contributed by atoms with Crippen molar-refractivity contribution in [2.75, 3.05) is 5.32 Å². The van der Waals surface area contributed by atoms with Crippen LogP contribution in [0.1, 0.15) is 65.2 Å². The Morgan fingerprint density at radius 1 is 0.865 bits per heavy atom. The lowest BCUT2D eigenvalue weighted by Crippen LogP contribution is -2.30. The van der Waals surface area contributed by atoms with Crippen LogP contribution in [0.5, 0.6) is 0 Å². The van der Waals surface area contributed by atoms with Crippen LogP contribution in [0.2, 0.25) is 0 Å².